The lowest BCUT2D eigenvalue weighted by Gasteiger charge is -2.20. The highest BCUT2D eigenvalue weighted by Crippen LogP contribution is 2.08. The molecule has 1 rings (SSSR count). The maximum atomic E-state index is 3.66. The Morgan fingerprint density at radius 1 is 1.31 bits per heavy atom. The molecule has 0 atom stereocenters. The van der Waals surface area contributed by atoms with Crippen LogP contribution in [0.2, 0.25) is 0 Å². The first kappa shape index (κ1) is 10.0. The zero-order valence-electron chi connectivity index (χ0n) is 8.38. The van der Waals surface area contributed by atoms with Gasteiger partial charge in [-0.3, -0.25) is 0 Å². The molecule has 0 saturated heterocycles. The Morgan fingerprint density at radius 2 is 2.15 bits per heavy atom. The largest absolute Gasteiger partial charge is 0.355 e. The topological polar surface area (TPSA) is 44.8 Å². The Morgan fingerprint density at radius 3 is 2.69 bits per heavy atom. The first-order chi connectivity index (χ1) is 6.38. The van der Waals surface area contributed by atoms with Crippen LogP contribution in [-0.4, -0.2) is 28.5 Å². The van der Waals surface area contributed by atoms with Crippen molar-refractivity contribution in [3.05, 3.63) is 6.20 Å². The molecule has 0 spiro atoms. The summed E-state index contributed by atoms with van der Waals surface area (Å²) in [5.41, 5.74) is 0. The van der Waals surface area contributed by atoms with Gasteiger partial charge in [0.15, 0.2) is 12.0 Å². The minimum atomic E-state index is 0.912. The van der Waals surface area contributed by atoms with Crippen molar-refractivity contribution in [3.8, 4) is 0 Å². The van der Waals surface area contributed by atoms with Crippen LogP contribution in [0.5, 0.6) is 0 Å². The molecule has 0 saturated carbocycles. The fourth-order valence-corrected chi connectivity index (χ4v) is 1.27. The fourth-order valence-electron chi connectivity index (χ4n) is 1.27. The van der Waals surface area contributed by atoms with Crippen molar-refractivity contribution in [2.24, 2.45) is 0 Å². The number of anilines is 1. The highest BCUT2D eigenvalue weighted by Gasteiger charge is 2.06. The smallest absolute Gasteiger partial charge is 0.161 e. The van der Waals surface area contributed by atoms with Crippen molar-refractivity contribution in [1.82, 2.24) is 15.4 Å². The number of nitrogens with zero attached hydrogens (tertiary/aromatic N) is 3. The van der Waals surface area contributed by atoms with E-state index in [0.29, 0.717) is 0 Å². The average molecular weight is 181 g/mol. The molecule has 0 aliphatic carbocycles. The second-order valence-electron chi connectivity index (χ2n) is 3.11. The third-order valence-electron chi connectivity index (χ3n) is 1.95. The molecule has 4 nitrogen and oxygen atoms in total. The quantitative estimate of drug-likeness (QED) is 0.725. The Kier molecular flexibility index (Phi) is 4.29. The summed E-state index contributed by atoms with van der Waals surface area (Å²) in [6.45, 7) is 6.47. The first-order valence-corrected chi connectivity index (χ1v) is 4.92. The number of aromatic amines is 1. The molecule has 0 bridgehead atoms. The van der Waals surface area contributed by atoms with E-state index in [1.807, 2.05) is 0 Å². The van der Waals surface area contributed by atoms with Crippen LogP contribution in [0, 0.1) is 6.20 Å². The molecule has 0 aliphatic heterocycles. The van der Waals surface area contributed by atoms with Crippen LogP contribution < -0.4 is 4.90 Å². The van der Waals surface area contributed by atoms with Gasteiger partial charge in [0, 0.05) is 13.1 Å². The minimum absolute atomic E-state index is 0.912. The molecule has 73 valence electrons. The fraction of sp³-hybridized carbons (Fsp3) is 0.778. The second kappa shape index (κ2) is 5.56. The van der Waals surface area contributed by atoms with E-state index in [1.165, 1.54) is 12.8 Å². The summed E-state index contributed by atoms with van der Waals surface area (Å²) in [5, 5.41) is 10.2. The van der Waals surface area contributed by atoms with E-state index in [2.05, 4.69) is 40.4 Å². The van der Waals surface area contributed by atoms with Crippen LogP contribution in [0.1, 0.15) is 33.1 Å². The van der Waals surface area contributed by atoms with Crippen LogP contribution in [0.3, 0.4) is 0 Å². The van der Waals surface area contributed by atoms with E-state index < -0.39 is 0 Å². The van der Waals surface area contributed by atoms with Crippen molar-refractivity contribution in [3.63, 3.8) is 0 Å². The molecular formula is C9H17N4. The van der Waals surface area contributed by atoms with Gasteiger partial charge in [0.05, 0.1) is 0 Å². The number of nitrogens with one attached hydrogen (secondary N) is 1. The Hall–Kier alpha value is -1.06. The van der Waals surface area contributed by atoms with E-state index in [4.69, 9.17) is 0 Å². The molecular weight excluding hydrogens is 164 g/mol. The van der Waals surface area contributed by atoms with E-state index in [0.717, 1.165) is 25.3 Å². The molecule has 0 aromatic carbocycles. The Balaban J connectivity index is 2.47. The first-order valence-electron chi connectivity index (χ1n) is 4.92. The summed E-state index contributed by atoms with van der Waals surface area (Å²) in [6, 6.07) is 0. The van der Waals surface area contributed by atoms with E-state index >= 15 is 0 Å². The molecule has 13 heavy (non-hydrogen) atoms. The predicted molar refractivity (Wildman–Crippen MR) is 52.6 cm³/mol. The van der Waals surface area contributed by atoms with E-state index in [1.54, 1.807) is 0 Å². The highest BCUT2D eigenvalue weighted by molar-refractivity contribution is 5.32. The van der Waals surface area contributed by atoms with Crippen molar-refractivity contribution in [1.29, 1.82) is 0 Å². The van der Waals surface area contributed by atoms with Crippen molar-refractivity contribution >= 4 is 5.82 Å². The minimum Gasteiger partial charge on any atom is -0.355 e. The summed E-state index contributed by atoms with van der Waals surface area (Å²) in [6.07, 6.45) is 6.39. The van der Waals surface area contributed by atoms with Crippen LogP contribution in [0.15, 0.2) is 0 Å². The molecule has 0 aliphatic rings. The van der Waals surface area contributed by atoms with Crippen LogP contribution in [-0.2, 0) is 0 Å². The van der Waals surface area contributed by atoms with Crippen molar-refractivity contribution < 1.29 is 0 Å². The van der Waals surface area contributed by atoms with Gasteiger partial charge in [-0.1, -0.05) is 25.5 Å². The summed E-state index contributed by atoms with van der Waals surface area (Å²) in [5.74, 6) is 0.912. The third kappa shape index (κ3) is 3.05. The molecule has 1 aromatic heterocycles. The molecule has 0 fully saturated rings. The lowest BCUT2D eigenvalue weighted by molar-refractivity contribution is 0.694. The molecule has 1 heterocycles. The van der Waals surface area contributed by atoms with E-state index in [9.17, 15) is 0 Å². The summed E-state index contributed by atoms with van der Waals surface area (Å²) in [7, 11) is 0. The molecule has 1 aromatic rings. The summed E-state index contributed by atoms with van der Waals surface area (Å²) in [4.78, 5) is 2.24. The monoisotopic (exact) mass is 181 g/mol. The second-order valence-corrected chi connectivity index (χ2v) is 3.11. The normalized spacial score (nSPS) is 10.3. The molecule has 0 unspecified atom stereocenters. The highest BCUT2D eigenvalue weighted by atomic mass is 15.4. The van der Waals surface area contributed by atoms with Crippen LogP contribution in [0.4, 0.5) is 5.82 Å². The Bertz CT molecular complexity index is 207. The zero-order chi connectivity index (χ0) is 9.52. The number of unbranched alkanes of at least 4 members (excludes halogenated alkanes) is 1. The van der Waals surface area contributed by atoms with Crippen LogP contribution >= 0.6 is 0 Å². The maximum absolute atomic E-state index is 3.66. The summed E-state index contributed by atoms with van der Waals surface area (Å²) < 4.78 is 0. The standard InChI is InChI=1S/C9H17N4/c1-3-5-7-13(6-4-2)9-8-10-12-11-9/h3-7H2,1-2H3,(H,10,11,12). The molecule has 4 heteroatoms. The zero-order valence-corrected chi connectivity index (χ0v) is 8.38. The molecule has 1 radical (unpaired) electrons. The predicted octanol–water partition coefficient (Wildman–Crippen LogP) is 1.62. The SMILES string of the molecule is CCCCN(CCC)c1[c]nn[nH]1. The van der Waals surface area contributed by atoms with Gasteiger partial charge in [-0.25, -0.2) is 5.10 Å². The van der Waals surface area contributed by atoms with Gasteiger partial charge in [0.1, 0.15) is 0 Å². The van der Waals surface area contributed by atoms with Crippen LogP contribution in [0.25, 0.3) is 0 Å². The lowest BCUT2D eigenvalue weighted by Crippen LogP contribution is -2.25. The van der Waals surface area contributed by atoms with Gasteiger partial charge in [-0.2, -0.15) is 0 Å². The average Bonchev–Trinajstić information content (AvgIpc) is 2.65. The number of aromatic nitrogens is 3. The van der Waals surface area contributed by atoms with Gasteiger partial charge in [-0.05, 0) is 12.8 Å². The van der Waals surface area contributed by atoms with Crippen molar-refractivity contribution in [2.45, 2.75) is 33.1 Å². The lowest BCUT2D eigenvalue weighted by atomic mass is 10.3. The van der Waals surface area contributed by atoms with Crippen molar-refractivity contribution in [2.75, 3.05) is 18.0 Å². The third-order valence-corrected chi connectivity index (χ3v) is 1.95. The number of H-pyrrole nitrogens is 1. The number of rotatable bonds is 6. The van der Waals surface area contributed by atoms with E-state index in [-0.39, 0.29) is 0 Å². The molecule has 1 N–H and O–H groups in total. The van der Waals surface area contributed by atoms with Gasteiger partial charge in [0.2, 0.25) is 0 Å². The molecule has 0 amide bonds. The number of hydrogen-bond acceptors (Lipinski definition) is 3. The maximum Gasteiger partial charge on any atom is 0.161 e. The summed E-state index contributed by atoms with van der Waals surface area (Å²) >= 11 is 0. The van der Waals surface area contributed by atoms with Gasteiger partial charge < -0.3 is 4.90 Å². The Labute approximate surface area is 79.3 Å². The number of hydrogen-bond donors (Lipinski definition) is 1. The van der Waals surface area contributed by atoms with Gasteiger partial charge in [0.25, 0.3) is 0 Å². The van der Waals surface area contributed by atoms with Gasteiger partial charge >= 0.3 is 0 Å². The van der Waals surface area contributed by atoms with Gasteiger partial charge in [-0.15, -0.1) is 5.10 Å².